The lowest BCUT2D eigenvalue weighted by Crippen LogP contribution is -2.31. The Balaban J connectivity index is 2.20. The number of sulfonamides is 1. The molecule has 0 unspecified atom stereocenters. The van der Waals surface area contributed by atoms with E-state index in [0.717, 1.165) is 25.7 Å². The Morgan fingerprint density at radius 3 is 2.55 bits per heavy atom. The van der Waals surface area contributed by atoms with Crippen molar-refractivity contribution >= 4 is 21.6 Å². The average Bonchev–Trinajstić information content (AvgIpc) is 2.91. The molecule has 0 spiro atoms. The minimum Gasteiger partial charge on any atom is -0.207 e. The fraction of sp³-hybridized carbons (Fsp3) is 0.571. The fourth-order valence-electron chi connectivity index (χ4n) is 2.66. The third-order valence-electron chi connectivity index (χ3n) is 3.83. The molecule has 1 aromatic carbocycles. The molecule has 1 aliphatic carbocycles. The van der Waals surface area contributed by atoms with E-state index in [-0.39, 0.29) is 10.8 Å². The van der Waals surface area contributed by atoms with Gasteiger partial charge in [0.05, 0.1) is 0 Å². The third-order valence-corrected chi connectivity index (χ3v) is 5.99. The molecule has 0 heterocycles. The molecule has 2 rings (SSSR count). The van der Waals surface area contributed by atoms with Gasteiger partial charge in [0, 0.05) is 19.5 Å². The molecule has 1 aromatic rings. The van der Waals surface area contributed by atoms with Crippen LogP contribution in [-0.2, 0) is 15.9 Å². The second kappa shape index (κ2) is 6.41. The highest BCUT2D eigenvalue weighted by Crippen LogP contribution is 2.27. The van der Waals surface area contributed by atoms with Crippen molar-refractivity contribution in [1.29, 1.82) is 0 Å². The van der Waals surface area contributed by atoms with Crippen LogP contribution in [0.4, 0.5) is 4.39 Å². The van der Waals surface area contributed by atoms with Crippen LogP contribution in [0.2, 0.25) is 0 Å². The van der Waals surface area contributed by atoms with Crippen LogP contribution in [0.15, 0.2) is 23.1 Å². The summed E-state index contributed by atoms with van der Waals surface area (Å²) in [7, 11) is -2.25. The van der Waals surface area contributed by atoms with Gasteiger partial charge in [-0.2, -0.15) is 0 Å². The molecule has 0 amide bonds. The lowest BCUT2D eigenvalue weighted by molar-refractivity contribution is 0.385. The molecule has 1 aliphatic rings. The standard InChI is InChI=1S/C14H19ClFNO2S/c1-17(10-11-4-2-3-5-11)20(18,19)14-7-6-12(9-15)8-13(14)16/h6-8,11H,2-5,9-10H2,1H3. The summed E-state index contributed by atoms with van der Waals surface area (Å²) >= 11 is 5.61. The van der Waals surface area contributed by atoms with Crippen LogP contribution < -0.4 is 0 Å². The van der Waals surface area contributed by atoms with Gasteiger partial charge in [-0.15, -0.1) is 11.6 Å². The van der Waals surface area contributed by atoms with Crippen LogP contribution in [0, 0.1) is 11.7 Å². The van der Waals surface area contributed by atoms with E-state index in [4.69, 9.17) is 11.6 Å². The second-order valence-electron chi connectivity index (χ2n) is 5.33. The Morgan fingerprint density at radius 2 is 2.00 bits per heavy atom. The Labute approximate surface area is 124 Å². The van der Waals surface area contributed by atoms with Gasteiger partial charge in [0.25, 0.3) is 0 Å². The molecular weight excluding hydrogens is 301 g/mol. The first-order valence-electron chi connectivity index (χ1n) is 6.76. The Kier molecular flexibility index (Phi) is 5.04. The van der Waals surface area contributed by atoms with Gasteiger partial charge in [0.15, 0.2) is 0 Å². The van der Waals surface area contributed by atoms with E-state index >= 15 is 0 Å². The zero-order valence-electron chi connectivity index (χ0n) is 11.5. The average molecular weight is 320 g/mol. The number of nitrogens with zero attached hydrogens (tertiary/aromatic N) is 1. The normalized spacial score (nSPS) is 17.0. The van der Waals surface area contributed by atoms with E-state index in [1.165, 1.54) is 23.5 Å². The molecule has 1 saturated carbocycles. The summed E-state index contributed by atoms with van der Waals surface area (Å²) in [6.45, 7) is 0.457. The van der Waals surface area contributed by atoms with Crippen LogP contribution >= 0.6 is 11.6 Å². The van der Waals surface area contributed by atoms with Crippen LogP contribution in [-0.4, -0.2) is 26.3 Å². The smallest absolute Gasteiger partial charge is 0.207 e. The maximum Gasteiger partial charge on any atom is 0.245 e. The summed E-state index contributed by atoms with van der Waals surface area (Å²) in [5, 5.41) is 0. The van der Waals surface area contributed by atoms with E-state index in [0.29, 0.717) is 18.0 Å². The molecule has 0 saturated heterocycles. The molecule has 0 bridgehead atoms. The van der Waals surface area contributed by atoms with Gasteiger partial charge in [-0.05, 0) is 36.5 Å². The van der Waals surface area contributed by atoms with Crippen molar-refractivity contribution in [2.75, 3.05) is 13.6 Å². The molecule has 0 aliphatic heterocycles. The first-order valence-corrected chi connectivity index (χ1v) is 8.73. The van der Waals surface area contributed by atoms with Crippen molar-refractivity contribution in [2.24, 2.45) is 5.92 Å². The predicted molar refractivity (Wildman–Crippen MR) is 77.7 cm³/mol. The van der Waals surface area contributed by atoms with Crippen LogP contribution in [0.5, 0.6) is 0 Å². The molecule has 0 atom stereocenters. The molecular formula is C14H19ClFNO2S. The predicted octanol–water partition coefficient (Wildman–Crippen LogP) is 3.38. The topological polar surface area (TPSA) is 37.4 Å². The minimum atomic E-state index is -3.77. The van der Waals surface area contributed by atoms with Gasteiger partial charge in [0.1, 0.15) is 10.7 Å². The zero-order valence-corrected chi connectivity index (χ0v) is 13.1. The molecule has 0 radical (unpaired) electrons. The monoisotopic (exact) mass is 319 g/mol. The fourth-order valence-corrected chi connectivity index (χ4v) is 4.11. The maximum absolute atomic E-state index is 13.9. The van der Waals surface area contributed by atoms with Crippen molar-refractivity contribution in [3.8, 4) is 0 Å². The highest BCUT2D eigenvalue weighted by Gasteiger charge is 2.27. The zero-order chi connectivity index (χ0) is 14.8. The summed E-state index contributed by atoms with van der Waals surface area (Å²) in [6, 6.07) is 4.03. The SMILES string of the molecule is CN(CC1CCCC1)S(=O)(=O)c1ccc(CCl)cc1F. The van der Waals surface area contributed by atoms with E-state index < -0.39 is 15.8 Å². The largest absolute Gasteiger partial charge is 0.245 e. The summed E-state index contributed by atoms with van der Waals surface area (Å²) in [6.07, 6.45) is 4.40. The molecule has 112 valence electrons. The molecule has 0 N–H and O–H groups in total. The van der Waals surface area contributed by atoms with E-state index in [2.05, 4.69) is 0 Å². The van der Waals surface area contributed by atoms with Crippen LogP contribution in [0.1, 0.15) is 31.2 Å². The molecule has 1 fully saturated rings. The van der Waals surface area contributed by atoms with Crippen LogP contribution in [0.25, 0.3) is 0 Å². The highest BCUT2D eigenvalue weighted by atomic mass is 35.5. The summed E-state index contributed by atoms with van der Waals surface area (Å²) in [5.74, 6) is -0.184. The van der Waals surface area contributed by atoms with Crippen molar-refractivity contribution in [3.05, 3.63) is 29.6 Å². The lowest BCUT2D eigenvalue weighted by atomic mass is 10.1. The van der Waals surface area contributed by atoms with Crippen molar-refractivity contribution in [1.82, 2.24) is 4.31 Å². The summed E-state index contributed by atoms with van der Waals surface area (Å²) < 4.78 is 40.0. The second-order valence-corrected chi connectivity index (χ2v) is 7.61. The quantitative estimate of drug-likeness (QED) is 0.780. The van der Waals surface area contributed by atoms with Crippen molar-refractivity contribution in [2.45, 2.75) is 36.5 Å². The van der Waals surface area contributed by atoms with E-state index in [1.54, 1.807) is 6.07 Å². The lowest BCUT2D eigenvalue weighted by Gasteiger charge is -2.21. The summed E-state index contributed by atoms with van der Waals surface area (Å²) in [5.41, 5.74) is 0.571. The van der Waals surface area contributed by atoms with Gasteiger partial charge in [-0.1, -0.05) is 18.9 Å². The number of halogens is 2. The minimum absolute atomic E-state index is 0.162. The van der Waals surface area contributed by atoms with Crippen molar-refractivity contribution < 1.29 is 12.8 Å². The van der Waals surface area contributed by atoms with Crippen LogP contribution in [0.3, 0.4) is 0 Å². The Hall–Kier alpha value is -0.650. The number of alkyl halides is 1. The maximum atomic E-state index is 13.9. The van der Waals surface area contributed by atoms with Gasteiger partial charge < -0.3 is 0 Å². The number of rotatable bonds is 5. The van der Waals surface area contributed by atoms with Crippen molar-refractivity contribution in [3.63, 3.8) is 0 Å². The Bertz CT molecular complexity index is 571. The van der Waals surface area contributed by atoms with E-state index in [9.17, 15) is 12.8 Å². The van der Waals surface area contributed by atoms with Gasteiger partial charge in [-0.25, -0.2) is 17.1 Å². The first-order chi connectivity index (χ1) is 9.45. The number of hydrogen-bond acceptors (Lipinski definition) is 2. The van der Waals surface area contributed by atoms with Gasteiger partial charge in [0.2, 0.25) is 10.0 Å². The van der Waals surface area contributed by atoms with Gasteiger partial charge >= 0.3 is 0 Å². The number of benzene rings is 1. The number of hydrogen-bond donors (Lipinski definition) is 0. The summed E-state index contributed by atoms with van der Waals surface area (Å²) in [4.78, 5) is -0.271. The Morgan fingerprint density at radius 1 is 1.35 bits per heavy atom. The first kappa shape index (κ1) is 15.7. The molecule has 20 heavy (non-hydrogen) atoms. The highest BCUT2D eigenvalue weighted by molar-refractivity contribution is 7.89. The van der Waals surface area contributed by atoms with Gasteiger partial charge in [-0.3, -0.25) is 0 Å². The molecule has 6 heteroatoms. The molecule has 3 nitrogen and oxygen atoms in total. The van der Waals surface area contributed by atoms with E-state index in [1.807, 2.05) is 0 Å². The third kappa shape index (κ3) is 3.32. The molecule has 0 aromatic heterocycles.